The Morgan fingerprint density at radius 2 is 1.14 bits per heavy atom. The van der Waals surface area contributed by atoms with Crippen molar-refractivity contribution in [3.8, 4) is 16.9 Å². The SMILES string of the molecule is CCCCCOc1ccc(-c2ccc(C(=O)OCCC(F)(F)C(F)(F)C(F)(F)C(F)(F)C(F)(F)C(F)(F)Cl)cc2)cc1. The smallest absolute Gasteiger partial charge is 0.393 e. The molecule has 2 aromatic carbocycles. The van der Waals surface area contributed by atoms with E-state index in [1.54, 1.807) is 24.3 Å². The van der Waals surface area contributed by atoms with Crippen LogP contribution in [0, 0.1) is 0 Å². The zero-order valence-electron chi connectivity index (χ0n) is 21.5. The zero-order chi connectivity index (χ0) is 32.2. The second-order valence-corrected chi connectivity index (χ2v) is 9.52. The number of hydrogen-bond donors (Lipinski definition) is 0. The fraction of sp³-hybridized carbons (Fsp3) is 0.500. The van der Waals surface area contributed by atoms with Gasteiger partial charge in [-0.15, -0.1) is 0 Å². The van der Waals surface area contributed by atoms with E-state index in [0.29, 0.717) is 23.5 Å². The molecule has 236 valence electrons. The molecule has 0 saturated carbocycles. The Morgan fingerprint density at radius 3 is 1.62 bits per heavy atom. The average molecular weight is 647 g/mol. The van der Waals surface area contributed by atoms with Gasteiger partial charge in [0.15, 0.2) is 0 Å². The first-order valence-corrected chi connectivity index (χ1v) is 12.5. The maximum absolute atomic E-state index is 13.9. The standard InChI is InChI=1S/C26H23ClF12O3/c1-2-3-4-14-41-19-11-9-17(10-12-19)16-5-7-18(8-6-16)20(40)42-15-13-21(28,29)22(30,31)23(32,33)24(34,35)25(36,37)26(27,38)39/h5-12H,2-4,13-15H2,1H3. The molecular weight excluding hydrogens is 624 g/mol. The summed E-state index contributed by atoms with van der Waals surface area (Å²) < 4.78 is 171. The number of esters is 1. The van der Waals surface area contributed by atoms with Gasteiger partial charge in [-0.1, -0.05) is 44.0 Å². The molecule has 42 heavy (non-hydrogen) atoms. The largest absolute Gasteiger partial charge is 0.494 e. The molecule has 3 nitrogen and oxygen atoms in total. The van der Waals surface area contributed by atoms with Gasteiger partial charge in [0.2, 0.25) is 0 Å². The topological polar surface area (TPSA) is 35.5 Å². The fourth-order valence-corrected chi connectivity index (χ4v) is 3.52. The quantitative estimate of drug-likeness (QED) is 0.0837. The van der Waals surface area contributed by atoms with Gasteiger partial charge in [0.1, 0.15) is 5.75 Å². The molecule has 0 N–H and O–H groups in total. The van der Waals surface area contributed by atoms with Gasteiger partial charge in [0.05, 0.1) is 25.2 Å². The van der Waals surface area contributed by atoms with E-state index in [2.05, 4.69) is 16.3 Å². The molecule has 0 atom stereocenters. The molecule has 0 fully saturated rings. The van der Waals surface area contributed by atoms with Gasteiger partial charge in [-0.2, -0.15) is 52.7 Å². The van der Waals surface area contributed by atoms with Crippen molar-refractivity contribution in [3.05, 3.63) is 54.1 Å². The highest BCUT2D eigenvalue weighted by Crippen LogP contribution is 2.61. The minimum Gasteiger partial charge on any atom is -0.494 e. The van der Waals surface area contributed by atoms with Gasteiger partial charge in [-0.3, -0.25) is 0 Å². The first-order chi connectivity index (χ1) is 19.1. The molecule has 16 heteroatoms. The van der Waals surface area contributed by atoms with Gasteiger partial charge in [0.25, 0.3) is 0 Å². The van der Waals surface area contributed by atoms with Crippen molar-refractivity contribution >= 4 is 17.6 Å². The highest BCUT2D eigenvalue weighted by Gasteiger charge is 2.89. The van der Waals surface area contributed by atoms with Crippen molar-refractivity contribution in [1.29, 1.82) is 0 Å². The van der Waals surface area contributed by atoms with E-state index in [-0.39, 0.29) is 5.56 Å². The van der Waals surface area contributed by atoms with Crippen LogP contribution in [0.2, 0.25) is 0 Å². The fourth-order valence-electron chi connectivity index (χ4n) is 3.40. The van der Waals surface area contributed by atoms with Gasteiger partial charge in [0, 0.05) is 0 Å². The molecule has 2 rings (SSSR count). The van der Waals surface area contributed by atoms with E-state index >= 15 is 0 Å². The monoisotopic (exact) mass is 646 g/mol. The lowest BCUT2D eigenvalue weighted by atomic mass is 9.93. The molecule has 0 heterocycles. The predicted octanol–water partition coefficient (Wildman–Crippen LogP) is 9.48. The van der Waals surface area contributed by atoms with E-state index in [1.807, 2.05) is 6.92 Å². The Balaban J connectivity index is 2.04. The number of halogens is 13. The lowest BCUT2D eigenvalue weighted by Gasteiger charge is -2.40. The molecule has 0 amide bonds. The van der Waals surface area contributed by atoms with Crippen LogP contribution in [0.4, 0.5) is 52.7 Å². The van der Waals surface area contributed by atoms with Crippen molar-refractivity contribution in [2.75, 3.05) is 13.2 Å². The number of carbonyl (C=O) groups excluding carboxylic acids is 1. The predicted molar refractivity (Wildman–Crippen MR) is 127 cm³/mol. The Labute approximate surface area is 236 Å². The molecule has 0 spiro atoms. The van der Waals surface area contributed by atoms with Gasteiger partial charge < -0.3 is 9.47 Å². The summed E-state index contributed by atoms with van der Waals surface area (Å²) in [7, 11) is 0. The van der Waals surface area contributed by atoms with Crippen LogP contribution < -0.4 is 4.74 Å². The van der Waals surface area contributed by atoms with Gasteiger partial charge in [-0.05, 0) is 53.4 Å². The first-order valence-electron chi connectivity index (χ1n) is 12.1. The summed E-state index contributed by atoms with van der Waals surface area (Å²) in [4.78, 5) is 12.1. The van der Waals surface area contributed by atoms with Gasteiger partial charge >= 0.3 is 41.0 Å². The number of hydrogen-bond acceptors (Lipinski definition) is 3. The third kappa shape index (κ3) is 7.03. The minimum atomic E-state index is -7.74. The number of benzene rings is 2. The summed E-state index contributed by atoms with van der Waals surface area (Å²) in [6.45, 7) is 0.808. The van der Waals surface area contributed by atoms with Crippen LogP contribution in [0.15, 0.2) is 48.5 Å². The molecule has 0 bridgehead atoms. The highest BCUT2D eigenvalue weighted by atomic mass is 35.5. The summed E-state index contributed by atoms with van der Waals surface area (Å²) in [5.74, 6) is -37.2. The molecule has 0 aliphatic carbocycles. The normalized spacial score (nSPS) is 13.7. The Bertz CT molecular complexity index is 1180. The van der Waals surface area contributed by atoms with Crippen molar-refractivity contribution in [2.45, 2.75) is 67.6 Å². The summed E-state index contributed by atoms with van der Waals surface area (Å²) in [6.07, 6.45) is 0.356. The van der Waals surface area contributed by atoms with Crippen molar-refractivity contribution in [3.63, 3.8) is 0 Å². The summed E-state index contributed by atoms with van der Waals surface area (Å²) in [5, 5.41) is -6.51. The number of alkyl halides is 13. The Hall–Kier alpha value is -2.84. The van der Waals surface area contributed by atoms with Crippen LogP contribution in [-0.2, 0) is 4.74 Å². The molecule has 0 aromatic heterocycles. The first kappa shape index (κ1) is 35.4. The van der Waals surface area contributed by atoms with Crippen molar-refractivity contribution < 1.29 is 67.0 Å². The molecular formula is C26H23ClF12O3. The number of carbonyl (C=O) groups is 1. The van der Waals surface area contributed by atoms with Crippen LogP contribution in [0.3, 0.4) is 0 Å². The molecule has 0 aliphatic heterocycles. The van der Waals surface area contributed by atoms with E-state index in [9.17, 15) is 57.5 Å². The number of ether oxygens (including phenoxy) is 2. The summed E-state index contributed by atoms with van der Waals surface area (Å²) in [6, 6.07) is 11.9. The lowest BCUT2D eigenvalue weighted by molar-refractivity contribution is -0.417. The molecule has 2 aromatic rings. The second-order valence-electron chi connectivity index (χ2n) is 9.04. The van der Waals surface area contributed by atoms with Crippen LogP contribution in [0.1, 0.15) is 43.0 Å². The third-order valence-electron chi connectivity index (χ3n) is 5.97. The summed E-state index contributed by atoms with van der Waals surface area (Å²) in [5.41, 5.74) is 0.927. The highest BCUT2D eigenvalue weighted by molar-refractivity contribution is 6.22. The Kier molecular flexibility index (Phi) is 10.8. The summed E-state index contributed by atoms with van der Waals surface area (Å²) >= 11 is 3.64. The van der Waals surface area contributed by atoms with Crippen LogP contribution in [0.5, 0.6) is 5.75 Å². The van der Waals surface area contributed by atoms with Gasteiger partial charge in [-0.25, -0.2) is 4.79 Å². The number of unbranched alkanes of at least 4 members (excludes halogenated alkanes) is 2. The van der Waals surface area contributed by atoms with Crippen molar-refractivity contribution in [2.24, 2.45) is 0 Å². The molecule has 0 unspecified atom stereocenters. The van der Waals surface area contributed by atoms with E-state index in [0.717, 1.165) is 31.4 Å². The molecule has 0 radical (unpaired) electrons. The zero-order valence-corrected chi connectivity index (χ0v) is 22.3. The average Bonchev–Trinajstić information content (AvgIpc) is 2.90. The van der Waals surface area contributed by atoms with Crippen molar-refractivity contribution in [1.82, 2.24) is 0 Å². The number of rotatable bonds is 15. The van der Waals surface area contributed by atoms with Crippen LogP contribution in [0.25, 0.3) is 11.1 Å². The third-order valence-corrected chi connectivity index (χ3v) is 6.21. The Morgan fingerprint density at radius 1 is 0.667 bits per heavy atom. The van der Waals surface area contributed by atoms with Crippen LogP contribution >= 0.6 is 11.6 Å². The maximum Gasteiger partial charge on any atom is 0.393 e. The maximum atomic E-state index is 13.9. The van der Waals surface area contributed by atoms with E-state index < -0.39 is 54.0 Å². The van der Waals surface area contributed by atoms with E-state index in [1.165, 1.54) is 12.1 Å². The lowest BCUT2D eigenvalue weighted by Crippen LogP contribution is -2.70. The molecule has 0 saturated heterocycles. The van der Waals surface area contributed by atoms with Crippen LogP contribution in [-0.4, -0.2) is 54.2 Å². The second kappa shape index (κ2) is 12.8. The van der Waals surface area contributed by atoms with E-state index in [4.69, 9.17) is 4.74 Å². The minimum absolute atomic E-state index is 0.314. The molecule has 0 aliphatic rings.